The van der Waals surface area contributed by atoms with E-state index in [4.69, 9.17) is 0 Å². The van der Waals surface area contributed by atoms with Gasteiger partial charge in [-0.15, -0.1) is 0 Å². The fourth-order valence-corrected chi connectivity index (χ4v) is 1.59. The summed E-state index contributed by atoms with van der Waals surface area (Å²) in [4.78, 5) is 11.1. The van der Waals surface area contributed by atoms with Gasteiger partial charge in [0.2, 0.25) is 0 Å². The number of hydrogen-bond donors (Lipinski definition) is 0. The van der Waals surface area contributed by atoms with Crippen LogP contribution in [-0.2, 0) is 23.6 Å². The summed E-state index contributed by atoms with van der Waals surface area (Å²) in [5.74, 6) is -0.507. The zero-order valence-corrected chi connectivity index (χ0v) is 10.8. The molecule has 0 spiro atoms. The van der Waals surface area contributed by atoms with Crippen LogP contribution in [0.5, 0.6) is 0 Å². The highest BCUT2D eigenvalue weighted by Crippen LogP contribution is 2.36. The lowest BCUT2D eigenvalue weighted by Crippen LogP contribution is -2.13. The Morgan fingerprint density at radius 2 is 1.37 bits per heavy atom. The van der Waals surface area contributed by atoms with Crippen molar-refractivity contribution >= 4 is 21.7 Å². The van der Waals surface area contributed by atoms with Crippen LogP contribution in [0.4, 0.5) is 26.3 Å². The monoisotopic (exact) mass is 348 g/mol. The Balaban J connectivity index is 3.29. The van der Waals surface area contributed by atoms with Gasteiger partial charge in [0.1, 0.15) is 5.78 Å². The predicted octanol–water partition coefficient (Wildman–Crippen LogP) is 4.23. The van der Waals surface area contributed by atoms with E-state index in [0.29, 0.717) is 12.1 Å². The SMILES string of the molecule is O=C(CBr)Cc1cc(C(F)(F)F)cc(C(F)(F)F)c1. The molecule has 19 heavy (non-hydrogen) atoms. The van der Waals surface area contributed by atoms with Crippen molar-refractivity contribution in [3.8, 4) is 0 Å². The molecular formula is C11H7BrF6O. The molecule has 0 fully saturated rings. The Kier molecular flexibility index (Phi) is 4.65. The van der Waals surface area contributed by atoms with E-state index in [-0.39, 0.29) is 17.0 Å². The molecule has 0 radical (unpaired) electrons. The molecule has 1 aromatic rings. The van der Waals surface area contributed by atoms with E-state index in [1.165, 1.54) is 0 Å². The zero-order chi connectivity index (χ0) is 14.8. The molecule has 8 heteroatoms. The molecule has 106 valence electrons. The van der Waals surface area contributed by atoms with E-state index >= 15 is 0 Å². The molecule has 1 aromatic carbocycles. The normalized spacial score (nSPS) is 12.6. The number of hydrogen-bond acceptors (Lipinski definition) is 1. The van der Waals surface area contributed by atoms with Crippen LogP contribution < -0.4 is 0 Å². The largest absolute Gasteiger partial charge is 0.416 e. The van der Waals surface area contributed by atoms with Crippen molar-refractivity contribution in [3.05, 3.63) is 34.9 Å². The highest BCUT2D eigenvalue weighted by molar-refractivity contribution is 9.09. The van der Waals surface area contributed by atoms with Gasteiger partial charge < -0.3 is 0 Å². The molecule has 0 heterocycles. The average molecular weight is 349 g/mol. The van der Waals surface area contributed by atoms with Gasteiger partial charge in [-0.2, -0.15) is 26.3 Å². The quantitative estimate of drug-likeness (QED) is 0.590. The summed E-state index contributed by atoms with van der Waals surface area (Å²) in [6.45, 7) is 0. The number of carbonyl (C=O) groups is 1. The molecule has 0 unspecified atom stereocenters. The number of ketones is 1. The maximum absolute atomic E-state index is 12.5. The van der Waals surface area contributed by atoms with Crippen molar-refractivity contribution < 1.29 is 31.1 Å². The second kappa shape index (κ2) is 5.52. The summed E-state index contributed by atoms with van der Waals surface area (Å²) < 4.78 is 75.0. The Hall–Kier alpha value is -1.05. The molecule has 1 rings (SSSR count). The molecule has 0 aliphatic carbocycles. The second-order valence-corrected chi connectivity index (χ2v) is 4.32. The maximum Gasteiger partial charge on any atom is 0.416 e. The summed E-state index contributed by atoms with van der Waals surface area (Å²) in [7, 11) is 0. The van der Waals surface area contributed by atoms with Gasteiger partial charge in [-0.3, -0.25) is 4.79 Å². The van der Waals surface area contributed by atoms with Gasteiger partial charge >= 0.3 is 12.4 Å². The van der Waals surface area contributed by atoms with Crippen molar-refractivity contribution in [1.29, 1.82) is 0 Å². The predicted molar refractivity (Wildman–Crippen MR) is 59.0 cm³/mol. The fraction of sp³-hybridized carbons (Fsp3) is 0.364. The van der Waals surface area contributed by atoms with Crippen LogP contribution in [0, 0.1) is 0 Å². The highest BCUT2D eigenvalue weighted by Gasteiger charge is 2.36. The number of rotatable bonds is 3. The molecule has 0 N–H and O–H groups in total. The van der Waals surface area contributed by atoms with Gasteiger partial charge in [0.25, 0.3) is 0 Å². The average Bonchev–Trinajstić information content (AvgIpc) is 2.26. The lowest BCUT2D eigenvalue weighted by atomic mass is 10.0. The van der Waals surface area contributed by atoms with Gasteiger partial charge in [0.15, 0.2) is 0 Å². The van der Waals surface area contributed by atoms with Crippen LogP contribution >= 0.6 is 15.9 Å². The lowest BCUT2D eigenvalue weighted by molar-refractivity contribution is -0.143. The summed E-state index contributed by atoms with van der Waals surface area (Å²) >= 11 is 2.79. The van der Waals surface area contributed by atoms with Crippen LogP contribution in [0.25, 0.3) is 0 Å². The fourth-order valence-electron chi connectivity index (χ4n) is 1.40. The molecule has 0 aliphatic rings. The van der Waals surface area contributed by atoms with Gasteiger partial charge in [-0.1, -0.05) is 15.9 Å². The summed E-state index contributed by atoms with van der Waals surface area (Å²) in [5, 5.41) is -0.134. The summed E-state index contributed by atoms with van der Waals surface area (Å²) in [6.07, 6.45) is -10.3. The van der Waals surface area contributed by atoms with E-state index in [0.717, 1.165) is 0 Å². The first-order valence-electron chi connectivity index (χ1n) is 4.90. The van der Waals surface area contributed by atoms with Gasteiger partial charge in [-0.05, 0) is 23.8 Å². The molecule has 0 saturated heterocycles. The first kappa shape index (κ1) is 16.0. The summed E-state index contributed by atoms with van der Waals surface area (Å²) in [6, 6.07) is 1.13. The third-order valence-electron chi connectivity index (χ3n) is 2.20. The number of benzene rings is 1. The zero-order valence-electron chi connectivity index (χ0n) is 9.20. The third-order valence-corrected chi connectivity index (χ3v) is 2.82. The number of alkyl halides is 7. The number of carbonyl (C=O) groups excluding carboxylic acids is 1. The Morgan fingerprint density at radius 3 is 1.68 bits per heavy atom. The standard InChI is InChI=1S/C11H7BrF6O/c12-5-9(19)3-6-1-7(10(13,14)15)4-8(2-6)11(16,17)18/h1-2,4H,3,5H2. The molecule has 0 atom stereocenters. The summed E-state index contributed by atoms with van der Waals surface area (Å²) in [5.41, 5.74) is -3.15. The van der Waals surface area contributed by atoms with Crippen LogP contribution in [-0.4, -0.2) is 11.1 Å². The first-order valence-corrected chi connectivity index (χ1v) is 6.02. The van der Waals surface area contributed by atoms with E-state index < -0.39 is 35.7 Å². The van der Waals surface area contributed by atoms with Crippen LogP contribution in [0.15, 0.2) is 18.2 Å². The van der Waals surface area contributed by atoms with Gasteiger partial charge in [-0.25, -0.2) is 0 Å². The van der Waals surface area contributed by atoms with Crippen molar-refractivity contribution in [2.45, 2.75) is 18.8 Å². The molecular weight excluding hydrogens is 342 g/mol. The third kappa shape index (κ3) is 4.52. The van der Waals surface area contributed by atoms with Crippen molar-refractivity contribution in [3.63, 3.8) is 0 Å². The molecule has 1 nitrogen and oxygen atoms in total. The minimum absolute atomic E-state index is 0.0299. The Bertz CT molecular complexity index is 445. The van der Waals surface area contributed by atoms with Crippen molar-refractivity contribution in [2.75, 3.05) is 5.33 Å². The van der Waals surface area contributed by atoms with Gasteiger partial charge in [0.05, 0.1) is 16.5 Å². The van der Waals surface area contributed by atoms with Crippen LogP contribution in [0.3, 0.4) is 0 Å². The van der Waals surface area contributed by atoms with E-state index in [1.807, 2.05) is 0 Å². The minimum Gasteiger partial charge on any atom is -0.298 e. The first-order chi connectivity index (χ1) is 8.54. The van der Waals surface area contributed by atoms with Crippen molar-refractivity contribution in [2.24, 2.45) is 0 Å². The second-order valence-electron chi connectivity index (χ2n) is 3.76. The topological polar surface area (TPSA) is 17.1 Å². The maximum atomic E-state index is 12.5. The molecule has 0 amide bonds. The minimum atomic E-state index is -4.90. The van der Waals surface area contributed by atoms with Crippen molar-refractivity contribution in [1.82, 2.24) is 0 Å². The molecule has 0 aliphatic heterocycles. The molecule has 0 aromatic heterocycles. The Labute approximate surface area is 112 Å². The van der Waals surface area contributed by atoms with E-state index in [9.17, 15) is 31.1 Å². The van der Waals surface area contributed by atoms with Gasteiger partial charge in [0, 0.05) is 6.42 Å². The lowest BCUT2D eigenvalue weighted by Gasteiger charge is -2.13. The number of halogens is 7. The Morgan fingerprint density at radius 1 is 0.947 bits per heavy atom. The highest BCUT2D eigenvalue weighted by atomic mass is 79.9. The number of Topliss-reactive ketones (excluding diaryl/α,β-unsaturated/α-hetero) is 1. The molecule has 0 saturated carbocycles. The van der Waals surface area contributed by atoms with E-state index in [2.05, 4.69) is 15.9 Å². The smallest absolute Gasteiger partial charge is 0.298 e. The molecule has 0 bridgehead atoms. The van der Waals surface area contributed by atoms with Crippen LogP contribution in [0.2, 0.25) is 0 Å². The van der Waals surface area contributed by atoms with E-state index in [1.54, 1.807) is 0 Å². The van der Waals surface area contributed by atoms with Crippen LogP contribution in [0.1, 0.15) is 16.7 Å².